The fourth-order valence-electron chi connectivity index (χ4n) is 1.84. The molecule has 0 saturated carbocycles. The molecule has 1 aliphatic heterocycles. The summed E-state index contributed by atoms with van der Waals surface area (Å²) in [5.41, 5.74) is 1.58. The fourth-order valence-corrected chi connectivity index (χ4v) is 3.04. The highest BCUT2D eigenvalue weighted by Crippen LogP contribution is 2.38. The molecule has 1 aromatic rings. The van der Waals surface area contributed by atoms with E-state index < -0.39 is 0 Å². The summed E-state index contributed by atoms with van der Waals surface area (Å²) >= 11 is 2.01. The van der Waals surface area contributed by atoms with Gasteiger partial charge in [-0.05, 0) is 36.1 Å². The molecule has 0 N–H and O–H groups in total. The lowest BCUT2D eigenvalue weighted by Gasteiger charge is -2.23. The summed E-state index contributed by atoms with van der Waals surface area (Å²) in [5, 5.41) is 0. The first kappa shape index (κ1) is 8.18. The number of benzene rings is 1. The topological polar surface area (TPSA) is 0 Å². The maximum atomic E-state index is 2.29. The number of hydrogen-bond acceptors (Lipinski definition) is 1. The first-order valence-corrected chi connectivity index (χ1v) is 5.62. The van der Waals surface area contributed by atoms with Gasteiger partial charge in [-0.2, -0.15) is 0 Å². The standard InChI is InChI=1S/C11H14S/c1-2-9-7-8-12-11-6-4-3-5-10(9)11/h3-6,9H,2,7-8H2,1H3. The summed E-state index contributed by atoms with van der Waals surface area (Å²) in [6.45, 7) is 2.29. The van der Waals surface area contributed by atoms with Crippen LogP contribution < -0.4 is 0 Å². The van der Waals surface area contributed by atoms with Crippen molar-refractivity contribution in [2.24, 2.45) is 0 Å². The molecule has 0 aliphatic carbocycles. The van der Waals surface area contributed by atoms with E-state index in [4.69, 9.17) is 0 Å². The van der Waals surface area contributed by atoms with Crippen molar-refractivity contribution in [1.82, 2.24) is 0 Å². The third-order valence-electron chi connectivity index (χ3n) is 2.58. The van der Waals surface area contributed by atoms with E-state index in [1.807, 2.05) is 11.8 Å². The van der Waals surface area contributed by atoms with Gasteiger partial charge in [-0.15, -0.1) is 11.8 Å². The molecule has 1 heteroatoms. The quantitative estimate of drug-likeness (QED) is 0.632. The second kappa shape index (κ2) is 3.53. The van der Waals surface area contributed by atoms with Gasteiger partial charge < -0.3 is 0 Å². The number of rotatable bonds is 1. The van der Waals surface area contributed by atoms with E-state index in [1.54, 1.807) is 5.56 Å². The van der Waals surface area contributed by atoms with Crippen molar-refractivity contribution in [2.75, 3.05) is 5.75 Å². The van der Waals surface area contributed by atoms with Crippen LogP contribution in [0.5, 0.6) is 0 Å². The molecule has 64 valence electrons. The van der Waals surface area contributed by atoms with E-state index in [1.165, 1.54) is 23.5 Å². The molecular formula is C11H14S. The van der Waals surface area contributed by atoms with Gasteiger partial charge in [-0.3, -0.25) is 0 Å². The van der Waals surface area contributed by atoms with Gasteiger partial charge in [0.25, 0.3) is 0 Å². The maximum Gasteiger partial charge on any atom is 0.0107 e. The van der Waals surface area contributed by atoms with Gasteiger partial charge in [0.1, 0.15) is 0 Å². The second-order valence-corrected chi connectivity index (χ2v) is 4.42. The summed E-state index contributed by atoms with van der Waals surface area (Å²) in [5.74, 6) is 2.12. The third-order valence-corrected chi connectivity index (χ3v) is 3.70. The zero-order valence-electron chi connectivity index (χ0n) is 7.42. The molecular weight excluding hydrogens is 164 g/mol. The molecule has 1 heterocycles. The van der Waals surface area contributed by atoms with Crippen LogP contribution in [-0.2, 0) is 0 Å². The Bertz CT molecular complexity index is 267. The molecule has 0 radical (unpaired) electrons. The molecule has 1 aromatic carbocycles. The Morgan fingerprint density at radius 2 is 2.25 bits per heavy atom. The van der Waals surface area contributed by atoms with Crippen LogP contribution in [0.4, 0.5) is 0 Å². The van der Waals surface area contributed by atoms with Crippen LogP contribution in [0.25, 0.3) is 0 Å². The minimum atomic E-state index is 0.822. The van der Waals surface area contributed by atoms with E-state index in [0.717, 1.165) is 5.92 Å². The summed E-state index contributed by atoms with van der Waals surface area (Å²) in [4.78, 5) is 1.51. The number of hydrogen-bond donors (Lipinski definition) is 0. The Morgan fingerprint density at radius 1 is 1.42 bits per heavy atom. The monoisotopic (exact) mass is 178 g/mol. The van der Waals surface area contributed by atoms with Gasteiger partial charge in [-0.1, -0.05) is 25.1 Å². The van der Waals surface area contributed by atoms with Gasteiger partial charge in [-0.25, -0.2) is 0 Å². The zero-order valence-corrected chi connectivity index (χ0v) is 8.23. The molecule has 1 aliphatic rings. The highest BCUT2D eigenvalue weighted by molar-refractivity contribution is 7.99. The third kappa shape index (κ3) is 1.38. The molecule has 0 aromatic heterocycles. The van der Waals surface area contributed by atoms with Crippen molar-refractivity contribution in [3.05, 3.63) is 29.8 Å². The van der Waals surface area contributed by atoms with Crippen molar-refractivity contribution in [3.8, 4) is 0 Å². The smallest absolute Gasteiger partial charge is 0.0107 e. The molecule has 1 atom stereocenters. The largest absolute Gasteiger partial charge is 0.126 e. The van der Waals surface area contributed by atoms with Gasteiger partial charge in [0, 0.05) is 4.90 Å². The van der Waals surface area contributed by atoms with Gasteiger partial charge in [0.2, 0.25) is 0 Å². The predicted molar refractivity (Wildman–Crippen MR) is 54.8 cm³/mol. The van der Waals surface area contributed by atoms with Gasteiger partial charge in [0.15, 0.2) is 0 Å². The van der Waals surface area contributed by atoms with Crippen LogP contribution in [0.2, 0.25) is 0 Å². The average Bonchev–Trinajstić information content (AvgIpc) is 2.17. The normalized spacial score (nSPS) is 21.9. The van der Waals surface area contributed by atoms with Crippen molar-refractivity contribution < 1.29 is 0 Å². The minimum absolute atomic E-state index is 0.822. The van der Waals surface area contributed by atoms with Gasteiger partial charge in [0.05, 0.1) is 0 Å². The molecule has 0 saturated heterocycles. The highest BCUT2D eigenvalue weighted by Gasteiger charge is 2.17. The molecule has 2 rings (SSSR count). The van der Waals surface area contributed by atoms with Crippen LogP contribution in [0.3, 0.4) is 0 Å². The summed E-state index contributed by atoms with van der Waals surface area (Å²) in [7, 11) is 0. The van der Waals surface area contributed by atoms with Gasteiger partial charge >= 0.3 is 0 Å². The Labute approximate surface area is 78.4 Å². The fraction of sp³-hybridized carbons (Fsp3) is 0.455. The Morgan fingerprint density at radius 3 is 3.08 bits per heavy atom. The lowest BCUT2D eigenvalue weighted by atomic mass is 9.94. The van der Waals surface area contributed by atoms with Crippen molar-refractivity contribution in [3.63, 3.8) is 0 Å². The van der Waals surface area contributed by atoms with E-state index in [0.29, 0.717) is 0 Å². The lowest BCUT2D eigenvalue weighted by Crippen LogP contribution is -2.05. The summed E-state index contributed by atoms with van der Waals surface area (Å²) in [6, 6.07) is 8.84. The zero-order chi connectivity index (χ0) is 8.39. The molecule has 0 spiro atoms. The average molecular weight is 178 g/mol. The molecule has 12 heavy (non-hydrogen) atoms. The molecule has 0 bridgehead atoms. The highest BCUT2D eigenvalue weighted by atomic mass is 32.2. The Balaban J connectivity index is 2.37. The van der Waals surface area contributed by atoms with E-state index in [2.05, 4.69) is 31.2 Å². The Hall–Kier alpha value is -0.430. The summed E-state index contributed by atoms with van der Waals surface area (Å²) in [6.07, 6.45) is 2.65. The van der Waals surface area contributed by atoms with Crippen LogP contribution in [0.15, 0.2) is 29.2 Å². The van der Waals surface area contributed by atoms with Crippen LogP contribution in [0.1, 0.15) is 31.2 Å². The maximum absolute atomic E-state index is 2.29. The van der Waals surface area contributed by atoms with Crippen LogP contribution >= 0.6 is 11.8 Å². The number of fused-ring (bicyclic) bond motifs is 1. The molecule has 0 nitrogen and oxygen atoms in total. The molecule has 1 unspecified atom stereocenters. The van der Waals surface area contributed by atoms with Crippen molar-refractivity contribution in [1.29, 1.82) is 0 Å². The SMILES string of the molecule is CCC1CCSc2ccccc21. The minimum Gasteiger partial charge on any atom is -0.126 e. The van der Waals surface area contributed by atoms with Crippen molar-refractivity contribution in [2.45, 2.75) is 30.6 Å². The lowest BCUT2D eigenvalue weighted by molar-refractivity contribution is 0.627. The van der Waals surface area contributed by atoms with Crippen molar-refractivity contribution >= 4 is 11.8 Å². The first-order chi connectivity index (χ1) is 5.92. The van der Waals surface area contributed by atoms with E-state index >= 15 is 0 Å². The predicted octanol–water partition coefficient (Wildman–Crippen LogP) is 3.68. The summed E-state index contributed by atoms with van der Waals surface area (Å²) < 4.78 is 0. The Kier molecular flexibility index (Phi) is 2.40. The van der Waals surface area contributed by atoms with Crippen LogP contribution in [-0.4, -0.2) is 5.75 Å². The number of thioether (sulfide) groups is 1. The van der Waals surface area contributed by atoms with E-state index in [9.17, 15) is 0 Å². The van der Waals surface area contributed by atoms with E-state index in [-0.39, 0.29) is 0 Å². The molecule has 0 fully saturated rings. The molecule has 0 amide bonds. The van der Waals surface area contributed by atoms with Crippen LogP contribution in [0, 0.1) is 0 Å². The second-order valence-electron chi connectivity index (χ2n) is 3.28. The first-order valence-electron chi connectivity index (χ1n) is 4.63.